The summed E-state index contributed by atoms with van der Waals surface area (Å²) in [5.74, 6) is -4.92. The first-order chi connectivity index (χ1) is 15.3. The van der Waals surface area contributed by atoms with E-state index in [1.54, 1.807) is 13.8 Å². The van der Waals surface area contributed by atoms with Crippen LogP contribution in [0.2, 0.25) is 0 Å². The molecule has 0 aliphatic carbocycles. The lowest BCUT2D eigenvalue weighted by atomic mass is 9.97. The summed E-state index contributed by atoms with van der Waals surface area (Å²) in [5, 5.41) is 16.6. The highest BCUT2D eigenvalue weighted by Crippen LogP contribution is 2.09. The molecule has 188 valence electrons. The van der Waals surface area contributed by atoms with E-state index in [-0.39, 0.29) is 31.3 Å². The smallest absolute Gasteiger partial charge is 0.326 e. The van der Waals surface area contributed by atoms with Gasteiger partial charge in [0.25, 0.3) is 0 Å². The van der Waals surface area contributed by atoms with Gasteiger partial charge in [0, 0.05) is 6.54 Å². The third-order valence-corrected chi connectivity index (χ3v) is 4.80. The minimum absolute atomic E-state index is 0.00493. The van der Waals surface area contributed by atoms with Crippen LogP contribution in [-0.2, 0) is 24.0 Å². The molecule has 0 bridgehead atoms. The summed E-state index contributed by atoms with van der Waals surface area (Å²) in [7, 11) is 0. The Morgan fingerprint density at radius 1 is 0.909 bits per heavy atom. The Hall–Kier alpha value is -3.42. The molecular weight excluding hydrogens is 436 g/mol. The lowest BCUT2D eigenvalue weighted by molar-refractivity contribution is -0.142. The zero-order valence-corrected chi connectivity index (χ0v) is 19.2. The van der Waals surface area contributed by atoms with Gasteiger partial charge < -0.3 is 44.0 Å². The predicted octanol–water partition coefficient (Wildman–Crippen LogP) is -3.15. The average molecular weight is 473 g/mol. The van der Waals surface area contributed by atoms with Crippen molar-refractivity contribution < 1.29 is 29.1 Å². The van der Waals surface area contributed by atoms with E-state index in [4.69, 9.17) is 22.9 Å². The van der Waals surface area contributed by atoms with Crippen LogP contribution >= 0.6 is 0 Å². The summed E-state index contributed by atoms with van der Waals surface area (Å²) in [6.07, 6.45) is 0.184. The van der Waals surface area contributed by atoms with Crippen molar-refractivity contribution in [1.82, 2.24) is 16.0 Å². The van der Waals surface area contributed by atoms with Crippen molar-refractivity contribution in [1.29, 1.82) is 0 Å². The highest BCUT2D eigenvalue weighted by atomic mass is 16.4. The number of rotatable bonds is 15. The van der Waals surface area contributed by atoms with Crippen LogP contribution in [-0.4, -0.2) is 71.4 Å². The standard InChI is InChI=1S/C19H36N8O6/c1-4-9(2)14(27-15(29)10(3)20)17(31)26-12(8-13(21)28)16(30)25-11(18(32)33)6-5-7-24-19(22)23/h9-12,14H,4-8,20H2,1-3H3,(H2,21,28)(H,25,30)(H,26,31)(H,27,29)(H,32,33)(H4,22,23,24). The molecule has 14 nitrogen and oxygen atoms in total. The van der Waals surface area contributed by atoms with E-state index in [0.717, 1.165) is 0 Å². The Kier molecular flexibility index (Phi) is 13.1. The Labute approximate surface area is 192 Å². The number of nitrogens with zero attached hydrogens (tertiary/aromatic N) is 1. The monoisotopic (exact) mass is 472 g/mol. The van der Waals surface area contributed by atoms with Crippen LogP contribution in [0, 0.1) is 5.92 Å². The van der Waals surface area contributed by atoms with Crippen LogP contribution in [0.5, 0.6) is 0 Å². The van der Waals surface area contributed by atoms with Crippen LogP contribution in [0.15, 0.2) is 4.99 Å². The van der Waals surface area contributed by atoms with Crippen molar-refractivity contribution in [3.05, 3.63) is 0 Å². The molecule has 14 heteroatoms. The number of aliphatic imine (C=N–C) groups is 1. The maximum Gasteiger partial charge on any atom is 0.326 e. The number of hydrogen-bond acceptors (Lipinski definition) is 7. The Balaban J connectivity index is 5.44. The number of hydrogen-bond donors (Lipinski definition) is 8. The number of carboxylic acid groups (broad SMARTS) is 1. The van der Waals surface area contributed by atoms with Gasteiger partial charge in [-0.05, 0) is 25.7 Å². The van der Waals surface area contributed by atoms with Crippen LogP contribution in [0.1, 0.15) is 46.5 Å². The highest BCUT2D eigenvalue weighted by molar-refractivity contribution is 5.96. The molecule has 0 radical (unpaired) electrons. The largest absolute Gasteiger partial charge is 0.480 e. The molecule has 0 aromatic heterocycles. The zero-order chi connectivity index (χ0) is 25.7. The Bertz CT molecular complexity index is 738. The summed E-state index contributed by atoms with van der Waals surface area (Å²) in [5.41, 5.74) is 21.2. The number of aliphatic carboxylic acids is 1. The van der Waals surface area contributed by atoms with Gasteiger partial charge in [-0.1, -0.05) is 20.3 Å². The van der Waals surface area contributed by atoms with Gasteiger partial charge in [-0.25, -0.2) is 4.79 Å². The van der Waals surface area contributed by atoms with Crippen LogP contribution in [0.25, 0.3) is 0 Å². The Morgan fingerprint density at radius 2 is 1.48 bits per heavy atom. The fourth-order valence-electron chi connectivity index (χ4n) is 2.69. The summed E-state index contributed by atoms with van der Waals surface area (Å²) in [6, 6.07) is -4.67. The second-order valence-corrected chi connectivity index (χ2v) is 7.74. The molecule has 0 aliphatic rings. The van der Waals surface area contributed by atoms with Gasteiger partial charge in [-0.3, -0.25) is 24.2 Å². The molecule has 33 heavy (non-hydrogen) atoms. The van der Waals surface area contributed by atoms with Gasteiger partial charge in [0.05, 0.1) is 12.5 Å². The molecule has 0 aromatic carbocycles. The van der Waals surface area contributed by atoms with E-state index in [9.17, 15) is 29.1 Å². The lowest BCUT2D eigenvalue weighted by Crippen LogP contribution is -2.59. The molecule has 0 heterocycles. The zero-order valence-electron chi connectivity index (χ0n) is 19.2. The van der Waals surface area contributed by atoms with Crippen molar-refractivity contribution in [2.24, 2.45) is 33.8 Å². The predicted molar refractivity (Wildman–Crippen MR) is 120 cm³/mol. The molecule has 0 saturated heterocycles. The van der Waals surface area contributed by atoms with Gasteiger partial charge >= 0.3 is 5.97 Å². The second kappa shape index (κ2) is 14.6. The van der Waals surface area contributed by atoms with E-state index in [1.165, 1.54) is 6.92 Å². The first kappa shape index (κ1) is 29.6. The molecule has 5 unspecified atom stereocenters. The SMILES string of the molecule is CCC(C)C(NC(=O)C(C)N)C(=O)NC(CC(N)=O)C(=O)NC(CCCN=C(N)N)C(=O)O. The van der Waals surface area contributed by atoms with Crippen LogP contribution in [0.4, 0.5) is 0 Å². The molecule has 0 saturated carbocycles. The number of carboxylic acids is 1. The van der Waals surface area contributed by atoms with E-state index in [1.807, 2.05) is 0 Å². The summed E-state index contributed by atoms with van der Waals surface area (Å²) in [4.78, 5) is 64.2. The normalized spacial score (nSPS) is 15.2. The number of nitrogens with one attached hydrogen (secondary N) is 3. The number of nitrogens with two attached hydrogens (primary N) is 4. The van der Waals surface area contributed by atoms with Crippen molar-refractivity contribution in [2.75, 3.05) is 6.54 Å². The lowest BCUT2D eigenvalue weighted by Gasteiger charge is -2.27. The first-order valence-corrected chi connectivity index (χ1v) is 10.5. The van der Waals surface area contributed by atoms with E-state index >= 15 is 0 Å². The fourth-order valence-corrected chi connectivity index (χ4v) is 2.69. The summed E-state index contributed by atoms with van der Waals surface area (Å²) < 4.78 is 0. The fraction of sp³-hybridized carbons (Fsp3) is 0.684. The quantitative estimate of drug-likeness (QED) is 0.0678. The average Bonchev–Trinajstić information content (AvgIpc) is 2.71. The maximum absolute atomic E-state index is 12.8. The number of carbonyl (C=O) groups excluding carboxylic acids is 4. The molecule has 0 spiro atoms. The van der Waals surface area contributed by atoms with Crippen molar-refractivity contribution in [3.8, 4) is 0 Å². The molecule has 0 aromatic rings. The highest BCUT2D eigenvalue weighted by Gasteiger charge is 2.32. The van der Waals surface area contributed by atoms with Gasteiger partial charge in [0.2, 0.25) is 23.6 Å². The van der Waals surface area contributed by atoms with Crippen molar-refractivity contribution >= 4 is 35.6 Å². The molecule has 12 N–H and O–H groups in total. The van der Waals surface area contributed by atoms with Gasteiger partial charge in [0.15, 0.2) is 5.96 Å². The van der Waals surface area contributed by atoms with Gasteiger partial charge in [-0.2, -0.15) is 0 Å². The topological polar surface area (TPSA) is 258 Å². The number of carbonyl (C=O) groups is 5. The Morgan fingerprint density at radius 3 is 1.94 bits per heavy atom. The maximum atomic E-state index is 12.8. The second-order valence-electron chi connectivity index (χ2n) is 7.74. The van der Waals surface area contributed by atoms with Gasteiger partial charge in [0.1, 0.15) is 18.1 Å². The third kappa shape index (κ3) is 11.7. The number of amides is 4. The molecule has 5 atom stereocenters. The minimum Gasteiger partial charge on any atom is -0.480 e. The molecule has 4 amide bonds. The van der Waals surface area contributed by atoms with E-state index in [0.29, 0.717) is 6.42 Å². The van der Waals surface area contributed by atoms with E-state index < -0.39 is 60.2 Å². The van der Waals surface area contributed by atoms with Crippen molar-refractivity contribution in [2.45, 2.75) is 70.6 Å². The summed E-state index contributed by atoms with van der Waals surface area (Å²) >= 11 is 0. The summed E-state index contributed by atoms with van der Waals surface area (Å²) in [6.45, 7) is 5.12. The molecule has 0 aliphatic heterocycles. The molecular formula is C19H36N8O6. The van der Waals surface area contributed by atoms with Crippen molar-refractivity contribution in [3.63, 3.8) is 0 Å². The van der Waals surface area contributed by atoms with Crippen LogP contribution < -0.4 is 38.9 Å². The first-order valence-electron chi connectivity index (χ1n) is 10.5. The molecule has 0 fully saturated rings. The van der Waals surface area contributed by atoms with Gasteiger partial charge in [-0.15, -0.1) is 0 Å². The van der Waals surface area contributed by atoms with E-state index in [2.05, 4.69) is 20.9 Å². The minimum atomic E-state index is -1.45. The number of primary amides is 1. The van der Waals surface area contributed by atoms with Crippen LogP contribution in [0.3, 0.4) is 0 Å². The third-order valence-electron chi connectivity index (χ3n) is 4.80. The number of guanidine groups is 1. The molecule has 0 rings (SSSR count).